The highest BCUT2D eigenvalue weighted by Crippen LogP contribution is 2.30. The summed E-state index contributed by atoms with van der Waals surface area (Å²) in [6.07, 6.45) is 15.6. The van der Waals surface area contributed by atoms with Gasteiger partial charge >= 0.3 is 0 Å². The van der Waals surface area contributed by atoms with Crippen LogP contribution in [0, 0.1) is 0 Å². The molecule has 2 aliphatic carbocycles. The molecule has 0 spiro atoms. The van der Waals surface area contributed by atoms with Crippen LogP contribution in [0.1, 0.15) is 69.8 Å². The van der Waals surface area contributed by atoms with E-state index >= 15 is 0 Å². The third-order valence-electron chi connectivity index (χ3n) is 5.35. The van der Waals surface area contributed by atoms with Crippen molar-refractivity contribution in [1.82, 2.24) is 5.01 Å². The number of benzene rings is 1. The van der Waals surface area contributed by atoms with Gasteiger partial charge in [-0.25, -0.2) is 0 Å². The molecule has 0 heterocycles. The van der Waals surface area contributed by atoms with Crippen molar-refractivity contribution < 1.29 is 4.74 Å². The zero-order chi connectivity index (χ0) is 15.9. The van der Waals surface area contributed by atoms with Crippen LogP contribution in [-0.4, -0.2) is 30.4 Å². The standard InChI is InChI=1S/C20H30N2O/c1-23-20-14-12-17(13-15-20)16-21-22(18-8-4-2-5-9-18)19-10-6-3-7-11-19/h12-16,18-19H,2-11H2,1H3/b21-16-. The molecule has 0 saturated heterocycles. The molecule has 0 atom stereocenters. The van der Waals surface area contributed by atoms with Gasteiger partial charge in [0, 0.05) is 12.1 Å². The predicted molar refractivity (Wildman–Crippen MR) is 96.2 cm³/mol. The van der Waals surface area contributed by atoms with E-state index in [1.165, 1.54) is 64.2 Å². The summed E-state index contributed by atoms with van der Waals surface area (Å²) >= 11 is 0. The van der Waals surface area contributed by atoms with Crippen LogP contribution in [-0.2, 0) is 0 Å². The lowest BCUT2D eigenvalue weighted by Crippen LogP contribution is -2.41. The smallest absolute Gasteiger partial charge is 0.118 e. The second-order valence-electron chi connectivity index (χ2n) is 6.98. The fraction of sp³-hybridized carbons (Fsp3) is 0.650. The maximum atomic E-state index is 5.23. The van der Waals surface area contributed by atoms with Crippen LogP contribution < -0.4 is 4.74 Å². The average molecular weight is 314 g/mol. The molecule has 0 bridgehead atoms. The van der Waals surface area contributed by atoms with E-state index in [2.05, 4.69) is 17.1 Å². The van der Waals surface area contributed by atoms with E-state index in [-0.39, 0.29) is 0 Å². The van der Waals surface area contributed by atoms with Gasteiger partial charge in [-0.15, -0.1) is 0 Å². The van der Waals surface area contributed by atoms with E-state index in [4.69, 9.17) is 9.84 Å². The van der Waals surface area contributed by atoms with Crippen LogP contribution in [0.25, 0.3) is 0 Å². The number of nitrogens with zero attached hydrogens (tertiary/aromatic N) is 2. The number of rotatable bonds is 5. The highest BCUT2D eigenvalue weighted by molar-refractivity contribution is 5.79. The maximum absolute atomic E-state index is 5.23. The molecule has 0 unspecified atom stereocenters. The van der Waals surface area contributed by atoms with Crippen molar-refractivity contribution in [1.29, 1.82) is 0 Å². The van der Waals surface area contributed by atoms with Gasteiger partial charge in [0.15, 0.2) is 0 Å². The molecule has 0 amide bonds. The maximum Gasteiger partial charge on any atom is 0.118 e. The third-order valence-corrected chi connectivity index (χ3v) is 5.35. The molecule has 3 nitrogen and oxygen atoms in total. The zero-order valence-corrected chi connectivity index (χ0v) is 14.4. The largest absolute Gasteiger partial charge is 0.497 e. The number of ether oxygens (including phenoxy) is 1. The molecule has 0 aromatic heterocycles. The van der Waals surface area contributed by atoms with Crippen LogP contribution in [0.5, 0.6) is 5.75 Å². The Bertz CT molecular complexity index is 467. The SMILES string of the molecule is COc1ccc(/C=N\N(C2CCCCC2)C2CCCCC2)cc1. The Hall–Kier alpha value is -1.51. The van der Waals surface area contributed by atoms with Gasteiger partial charge in [-0.1, -0.05) is 38.5 Å². The van der Waals surface area contributed by atoms with Crippen molar-refractivity contribution in [3.8, 4) is 5.75 Å². The minimum Gasteiger partial charge on any atom is -0.497 e. The predicted octanol–water partition coefficient (Wildman–Crippen LogP) is 5.00. The molecule has 23 heavy (non-hydrogen) atoms. The first-order valence-corrected chi connectivity index (χ1v) is 9.33. The van der Waals surface area contributed by atoms with Crippen molar-refractivity contribution in [3.05, 3.63) is 29.8 Å². The van der Waals surface area contributed by atoms with Crippen molar-refractivity contribution in [2.45, 2.75) is 76.3 Å². The summed E-state index contributed by atoms with van der Waals surface area (Å²) in [6.45, 7) is 0. The summed E-state index contributed by atoms with van der Waals surface area (Å²) in [7, 11) is 1.71. The van der Waals surface area contributed by atoms with Crippen molar-refractivity contribution in [2.75, 3.05) is 7.11 Å². The Morgan fingerprint density at radius 3 is 1.87 bits per heavy atom. The minimum atomic E-state index is 0.654. The summed E-state index contributed by atoms with van der Waals surface area (Å²) in [5.74, 6) is 0.901. The fourth-order valence-electron chi connectivity index (χ4n) is 4.00. The van der Waals surface area contributed by atoms with E-state index in [9.17, 15) is 0 Å². The number of methoxy groups -OCH3 is 1. The van der Waals surface area contributed by atoms with Crippen LogP contribution in [0.4, 0.5) is 0 Å². The number of hydrazone groups is 1. The van der Waals surface area contributed by atoms with Gasteiger partial charge < -0.3 is 4.74 Å². The van der Waals surface area contributed by atoms with Gasteiger partial charge in [-0.3, -0.25) is 5.01 Å². The topological polar surface area (TPSA) is 24.8 Å². The summed E-state index contributed by atoms with van der Waals surface area (Å²) in [4.78, 5) is 0. The Kier molecular flexibility index (Phi) is 5.95. The Balaban J connectivity index is 1.71. The summed E-state index contributed by atoms with van der Waals surface area (Å²) in [6, 6.07) is 9.49. The van der Waals surface area contributed by atoms with Gasteiger partial charge in [0.1, 0.15) is 5.75 Å². The quantitative estimate of drug-likeness (QED) is 0.564. The first kappa shape index (κ1) is 16.4. The van der Waals surface area contributed by atoms with E-state index in [0.29, 0.717) is 12.1 Å². The second-order valence-corrected chi connectivity index (χ2v) is 6.98. The van der Waals surface area contributed by atoms with Gasteiger partial charge in [-0.05, 0) is 55.5 Å². The van der Waals surface area contributed by atoms with E-state index in [1.54, 1.807) is 7.11 Å². The van der Waals surface area contributed by atoms with Gasteiger partial charge in [0.2, 0.25) is 0 Å². The lowest BCUT2D eigenvalue weighted by atomic mass is 9.90. The van der Waals surface area contributed by atoms with Crippen LogP contribution in [0.3, 0.4) is 0 Å². The molecule has 1 aromatic rings. The van der Waals surface area contributed by atoms with E-state index < -0.39 is 0 Å². The molecular formula is C20H30N2O. The molecule has 0 N–H and O–H groups in total. The molecule has 0 radical (unpaired) electrons. The normalized spacial score (nSPS) is 20.7. The summed E-state index contributed by atoms with van der Waals surface area (Å²) in [5.41, 5.74) is 1.16. The molecule has 2 saturated carbocycles. The van der Waals surface area contributed by atoms with E-state index in [0.717, 1.165) is 11.3 Å². The van der Waals surface area contributed by atoms with Gasteiger partial charge in [0.25, 0.3) is 0 Å². The van der Waals surface area contributed by atoms with Gasteiger partial charge in [-0.2, -0.15) is 5.10 Å². The first-order valence-electron chi connectivity index (χ1n) is 9.33. The zero-order valence-electron chi connectivity index (χ0n) is 14.4. The monoisotopic (exact) mass is 314 g/mol. The highest BCUT2D eigenvalue weighted by atomic mass is 16.5. The van der Waals surface area contributed by atoms with Crippen LogP contribution in [0.15, 0.2) is 29.4 Å². The van der Waals surface area contributed by atoms with Crippen LogP contribution in [0.2, 0.25) is 0 Å². The fourth-order valence-corrected chi connectivity index (χ4v) is 4.00. The number of hydrogen-bond acceptors (Lipinski definition) is 3. The van der Waals surface area contributed by atoms with Crippen molar-refractivity contribution >= 4 is 6.21 Å². The Morgan fingerprint density at radius 2 is 1.39 bits per heavy atom. The second kappa shape index (κ2) is 8.37. The molecule has 1 aromatic carbocycles. The van der Waals surface area contributed by atoms with Gasteiger partial charge in [0.05, 0.1) is 13.3 Å². The molecule has 3 heteroatoms. The molecule has 3 rings (SSSR count). The Labute approximate surface area is 140 Å². The van der Waals surface area contributed by atoms with E-state index in [1.807, 2.05) is 18.3 Å². The molecular weight excluding hydrogens is 284 g/mol. The molecule has 2 fully saturated rings. The minimum absolute atomic E-state index is 0.654. The van der Waals surface area contributed by atoms with Crippen molar-refractivity contribution in [2.24, 2.45) is 5.10 Å². The van der Waals surface area contributed by atoms with Crippen molar-refractivity contribution in [3.63, 3.8) is 0 Å². The Morgan fingerprint density at radius 1 is 0.870 bits per heavy atom. The molecule has 2 aliphatic rings. The third kappa shape index (κ3) is 4.49. The molecule has 126 valence electrons. The lowest BCUT2D eigenvalue weighted by Gasteiger charge is -2.39. The highest BCUT2D eigenvalue weighted by Gasteiger charge is 2.27. The summed E-state index contributed by atoms with van der Waals surface area (Å²) in [5, 5.41) is 7.44. The molecule has 0 aliphatic heterocycles. The summed E-state index contributed by atoms with van der Waals surface area (Å²) < 4.78 is 5.23. The lowest BCUT2D eigenvalue weighted by molar-refractivity contribution is 0.0855. The van der Waals surface area contributed by atoms with Crippen LogP contribution >= 0.6 is 0 Å². The first-order chi connectivity index (χ1) is 11.4. The number of hydrogen-bond donors (Lipinski definition) is 0. The average Bonchev–Trinajstić information content (AvgIpc) is 2.64.